The first kappa shape index (κ1) is 11.2. The van der Waals surface area contributed by atoms with Crippen LogP contribution in [0.1, 0.15) is 43.8 Å². The molecule has 1 aromatic rings. The second-order valence-electron chi connectivity index (χ2n) is 4.45. The molecule has 0 aromatic carbocycles. The highest BCUT2D eigenvalue weighted by Gasteiger charge is 2.14. The van der Waals surface area contributed by atoms with E-state index in [1.165, 1.54) is 11.3 Å². The Morgan fingerprint density at radius 3 is 2.21 bits per heavy atom. The van der Waals surface area contributed by atoms with Gasteiger partial charge in [-0.3, -0.25) is 4.68 Å². The Labute approximate surface area is 86.3 Å². The Hall–Kier alpha value is -0.830. The fourth-order valence-electron chi connectivity index (χ4n) is 1.89. The van der Waals surface area contributed by atoms with Crippen molar-refractivity contribution in [2.75, 3.05) is 0 Å². The molecule has 0 spiro atoms. The van der Waals surface area contributed by atoms with Gasteiger partial charge in [0.15, 0.2) is 0 Å². The predicted molar refractivity (Wildman–Crippen MR) is 59.1 cm³/mol. The summed E-state index contributed by atoms with van der Waals surface area (Å²) in [4.78, 5) is 0. The van der Waals surface area contributed by atoms with E-state index in [0.29, 0.717) is 5.92 Å². The lowest BCUT2D eigenvalue weighted by Crippen LogP contribution is -2.10. The number of rotatable bonds is 3. The molecule has 1 heterocycles. The summed E-state index contributed by atoms with van der Waals surface area (Å²) in [6.07, 6.45) is 0. The summed E-state index contributed by atoms with van der Waals surface area (Å²) < 4.78 is 2.07. The highest BCUT2D eigenvalue weighted by Crippen LogP contribution is 2.19. The van der Waals surface area contributed by atoms with E-state index in [0.717, 1.165) is 12.2 Å². The zero-order chi connectivity index (χ0) is 10.9. The first-order valence-electron chi connectivity index (χ1n) is 5.23. The quantitative estimate of drug-likeness (QED) is 0.803. The van der Waals surface area contributed by atoms with Crippen LogP contribution in [0.2, 0.25) is 0 Å². The number of hydrogen-bond acceptors (Lipinski definition) is 2. The molecule has 0 bridgehead atoms. The van der Waals surface area contributed by atoms with Gasteiger partial charge in [-0.1, -0.05) is 13.8 Å². The zero-order valence-electron chi connectivity index (χ0n) is 9.83. The normalized spacial score (nSPS) is 13.6. The number of hydrogen-bond donors (Lipinski definition) is 1. The predicted octanol–water partition coefficient (Wildman–Crippen LogP) is 2.18. The van der Waals surface area contributed by atoms with Crippen LogP contribution in [0.15, 0.2) is 0 Å². The van der Waals surface area contributed by atoms with E-state index in [4.69, 9.17) is 5.73 Å². The van der Waals surface area contributed by atoms with Crippen molar-refractivity contribution in [2.24, 2.45) is 11.7 Å². The molecule has 0 aliphatic carbocycles. The summed E-state index contributed by atoms with van der Waals surface area (Å²) in [5.74, 6) is 0.619. The smallest absolute Gasteiger partial charge is 0.0644 e. The molecule has 3 heteroatoms. The van der Waals surface area contributed by atoms with E-state index < -0.39 is 0 Å². The Morgan fingerprint density at radius 1 is 1.29 bits per heavy atom. The van der Waals surface area contributed by atoms with Crippen LogP contribution in [0, 0.1) is 19.8 Å². The number of nitrogens with two attached hydrogens (primary N) is 1. The average Bonchev–Trinajstić information content (AvgIpc) is 2.25. The minimum atomic E-state index is 0.0795. The second-order valence-corrected chi connectivity index (χ2v) is 4.45. The molecule has 1 unspecified atom stereocenters. The minimum Gasteiger partial charge on any atom is -0.324 e. The van der Waals surface area contributed by atoms with Crippen molar-refractivity contribution >= 4 is 0 Å². The van der Waals surface area contributed by atoms with E-state index in [-0.39, 0.29) is 6.04 Å². The van der Waals surface area contributed by atoms with Crippen LogP contribution < -0.4 is 5.73 Å². The summed E-state index contributed by atoms with van der Waals surface area (Å²) in [6, 6.07) is 0.0795. The van der Waals surface area contributed by atoms with Crippen LogP contribution in [0.25, 0.3) is 0 Å². The maximum atomic E-state index is 5.91. The molecule has 0 saturated heterocycles. The lowest BCUT2D eigenvalue weighted by Gasteiger charge is -2.09. The molecule has 3 nitrogen and oxygen atoms in total. The molecule has 0 radical (unpaired) electrons. The third kappa shape index (κ3) is 2.15. The van der Waals surface area contributed by atoms with Crippen LogP contribution >= 0.6 is 0 Å². The van der Waals surface area contributed by atoms with Gasteiger partial charge in [-0.05, 0) is 26.7 Å². The van der Waals surface area contributed by atoms with Crippen LogP contribution in [-0.4, -0.2) is 9.78 Å². The monoisotopic (exact) mass is 195 g/mol. The molecule has 0 fully saturated rings. The van der Waals surface area contributed by atoms with Crippen molar-refractivity contribution in [1.82, 2.24) is 9.78 Å². The van der Waals surface area contributed by atoms with E-state index in [1.807, 2.05) is 13.8 Å². The average molecular weight is 195 g/mol. The molecule has 2 N–H and O–H groups in total. The van der Waals surface area contributed by atoms with E-state index >= 15 is 0 Å². The molecule has 0 saturated carbocycles. The maximum Gasteiger partial charge on any atom is 0.0644 e. The zero-order valence-corrected chi connectivity index (χ0v) is 9.83. The molecule has 1 aromatic heterocycles. The molecule has 80 valence electrons. The van der Waals surface area contributed by atoms with Crippen LogP contribution in [-0.2, 0) is 6.54 Å². The molecule has 0 aliphatic rings. The van der Waals surface area contributed by atoms with E-state index in [1.54, 1.807) is 0 Å². The Morgan fingerprint density at radius 2 is 1.86 bits per heavy atom. The first-order valence-corrected chi connectivity index (χ1v) is 5.23. The molecule has 1 rings (SSSR count). The molecule has 1 atom stereocenters. The fourth-order valence-corrected chi connectivity index (χ4v) is 1.89. The standard InChI is InChI=1S/C11H21N3/c1-7(2)6-14-10(5)11(8(3)12)9(4)13-14/h7-8H,6,12H2,1-5H3. The van der Waals surface area contributed by atoms with Crippen molar-refractivity contribution in [2.45, 2.75) is 47.2 Å². The second kappa shape index (κ2) is 4.13. The van der Waals surface area contributed by atoms with Gasteiger partial charge in [0, 0.05) is 23.8 Å². The van der Waals surface area contributed by atoms with Crippen molar-refractivity contribution in [3.8, 4) is 0 Å². The van der Waals surface area contributed by atoms with Gasteiger partial charge in [0.2, 0.25) is 0 Å². The molecule has 0 aliphatic heterocycles. The summed E-state index contributed by atoms with van der Waals surface area (Å²) in [5, 5.41) is 4.51. The Kier molecular flexibility index (Phi) is 3.32. The molecule has 14 heavy (non-hydrogen) atoms. The Bertz CT molecular complexity index is 311. The summed E-state index contributed by atoms with van der Waals surface area (Å²) in [6.45, 7) is 11.5. The molecular formula is C11H21N3. The van der Waals surface area contributed by atoms with Crippen LogP contribution in [0.4, 0.5) is 0 Å². The largest absolute Gasteiger partial charge is 0.324 e. The lowest BCUT2D eigenvalue weighted by molar-refractivity contribution is 0.472. The van der Waals surface area contributed by atoms with Crippen molar-refractivity contribution < 1.29 is 0 Å². The van der Waals surface area contributed by atoms with Crippen molar-refractivity contribution in [3.63, 3.8) is 0 Å². The third-order valence-electron chi connectivity index (χ3n) is 2.43. The molecular weight excluding hydrogens is 174 g/mol. The van der Waals surface area contributed by atoms with Crippen LogP contribution in [0.3, 0.4) is 0 Å². The van der Waals surface area contributed by atoms with Gasteiger partial charge < -0.3 is 5.73 Å². The molecule has 0 amide bonds. The van der Waals surface area contributed by atoms with Crippen molar-refractivity contribution in [1.29, 1.82) is 0 Å². The van der Waals surface area contributed by atoms with Crippen molar-refractivity contribution in [3.05, 3.63) is 17.0 Å². The third-order valence-corrected chi connectivity index (χ3v) is 2.43. The van der Waals surface area contributed by atoms with Gasteiger partial charge in [-0.2, -0.15) is 5.10 Å². The SMILES string of the molecule is Cc1nn(CC(C)C)c(C)c1C(C)N. The topological polar surface area (TPSA) is 43.8 Å². The first-order chi connectivity index (χ1) is 6.43. The Balaban J connectivity index is 3.04. The fraction of sp³-hybridized carbons (Fsp3) is 0.727. The van der Waals surface area contributed by atoms with Gasteiger partial charge >= 0.3 is 0 Å². The van der Waals surface area contributed by atoms with Gasteiger partial charge in [0.05, 0.1) is 5.69 Å². The van der Waals surface area contributed by atoms with Gasteiger partial charge in [-0.25, -0.2) is 0 Å². The minimum absolute atomic E-state index is 0.0795. The van der Waals surface area contributed by atoms with Crippen LogP contribution in [0.5, 0.6) is 0 Å². The van der Waals surface area contributed by atoms with Gasteiger partial charge in [0.1, 0.15) is 0 Å². The maximum absolute atomic E-state index is 5.91. The lowest BCUT2D eigenvalue weighted by atomic mass is 10.1. The summed E-state index contributed by atoms with van der Waals surface area (Å²) >= 11 is 0. The summed E-state index contributed by atoms with van der Waals surface area (Å²) in [7, 11) is 0. The highest BCUT2D eigenvalue weighted by atomic mass is 15.3. The summed E-state index contributed by atoms with van der Waals surface area (Å²) in [5.41, 5.74) is 9.39. The number of nitrogens with zero attached hydrogens (tertiary/aromatic N) is 2. The van der Waals surface area contributed by atoms with Gasteiger partial charge in [-0.15, -0.1) is 0 Å². The van der Waals surface area contributed by atoms with Gasteiger partial charge in [0.25, 0.3) is 0 Å². The highest BCUT2D eigenvalue weighted by molar-refractivity contribution is 5.27. The van der Waals surface area contributed by atoms with E-state index in [9.17, 15) is 0 Å². The van der Waals surface area contributed by atoms with E-state index in [2.05, 4.69) is 30.6 Å². The number of aromatic nitrogens is 2. The number of aryl methyl sites for hydroxylation is 1.